The fourth-order valence-electron chi connectivity index (χ4n) is 2.49. The van der Waals surface area contributed by atoms with E-state index in [1.54, 1.807) is 0 Å². The number of nitrogens with zero attached hydrogens (tertiary/aromatic N) is 1. The summed E-state index contributed by atoms with van der Waals surface area (Å²) in [6.45, 7) is 0. The van der Waals surface area contributed by atoms with Gasteiger partial charge in [-0.3, -0.25) is 4.99 Å². The van der Waals surface area contributed by atoms with Crippen LogP contribution in [-0.4, -0.2) is 6.21 Å². The lowest BCUT2D eigenvalue weighted by atomic mass is 9.99. The first kappa shape index (κ1) is 15.0. The third kappa shape index (κ3) is 4.27. The van der Waals surface area contributed by atoms with Crippen LogP contribution in [0, 0.1) is 0 Å². The van der Waals surface area contributed by atoms with Crippen molar-refractivity contribution in [3.05, 3.63) is 114 Å². The van der Waals surface area contributed by atoms with E-state index in [1.165, 1.54) is 16.7 Å². The Balaban J connectivity index is 1.82. The maximum absolute atomic E-state index is 4.77. The van der Waals surface area contributed by atoms with Gasteiger partial charge in [-0.1, -0.05) is 97.1 Å². The molecule has 0 saturated carbocycles. The van der Waals surface area contributed by atoms with Crippen LogP contribution in [0.2, 0.25) is 0 Å². The van der Waals surface area contributed by atoms with E-state index in [2.05, 4.69) is 66.7 Å². The molecule has 23 heavy (non-hydrogen) atoms. The lowest BCUT2D eigenvalue weighted by Crippen LogP contribution is -1.97. The molecular weight excluding hydrogens is 278 g/mol. The van der Waals surface area contributed by atoms with E-state index in [4.69, 9.17) is 4.99 Å². The maximum Gasteiger partial charge on any atom is 0.0999 e. The summed E-state index contributed by atoms with van der Waals surface area (Å²) in [5.41, 5.74) is 3.57. The Labute approximate surface area is 137 Å². The summed E-state index contributed by atoms with van der Waals surface area (Å²) >= 11 is 0. The molecule has 0 aliphatic rings. The molecule has 0 N–H and O–H groups in total. The Hall–Kier alpha value is -2.93. The molecule has 0 aliphatic carbocycles. The Morgan fingerprint density at radius 2 is 1.09 bits per heavy atom. The highest BCUT2D eigenvalue weighted by molar-refractivity contribution is 5.78. The molecule has 0 saturated heterocycles. The summed E-state index contributed by atoms with van der Waals surface area (Å²) in [4.78, 5) is 4.77. The standard InChI is InChI=1S/C22H19N/c1-4-11-19(12-5-1)13-10-18-23-22(20-14-6-2-7-15-20)21-16-8-3-9-17-21/h1-18,22H/b13-10+,23-18?. The van der Waals surface area contributed by atoms with Gasteiger partial charge < -0.3 is 0 Å². The molecule has 0 radical (unpaired) electrons. The molecule has 0 aliphatic heterocycles. The maximum atomic E-state index is 4.77. The normalized spacial score (nSPS) is 11.5. The van der Waals surface area contributed by atoms with Crippen LogP contribution >= 0.6 is 0 Å². The van der Waals surface area contributed by atoms with Crippen LogP contribution in [0.5, 0.6) is 0 Å². The van der Waals surface area contributed by atoms with Crippen molar-refractivity contribution in [3.63, 3.8) is 0 Å². The van der Waals surface area contributed by atoms with Gasteiger partial charge in [0.2, 0.25) is 0 Å². The largest absolute Gasteiger partial charge is 0.280 e. The fourth-order valence-corrected chi connectivity index (χ4v) is 2.49. The van der Waals surface area contributed by atoms with E-state index >= 15 is 0 Å². The molecule has 0 heterocycles. The number of aliphatic imine (C=N–C) groups is 1. The predicted octanol–water partition coefficient (Wildman–Crippen LogP) is 5.56. The summed E-state index contributed by atoms with van der Waals surface area (Å²) in [7, 11) is 0. The Morgan fingerprint density at radius 1 is 0.609 bits per heavy atom. The SMILES string of the molecule is C(/C=C/c1ccccc1)=NC(c1ccccc1)c1ccccc1. The summed E-state index contributed by atoms with van der Waals surface area (Å²) in [5.74, 6) is 0. The lowest BCUT2D eigenvalue weighted by molar-refractivity contribution is 0.879. The minimum absolute atomic E-state index is 0.0258. The van der Waals surface area contributed by atoms with E-state index in [-0.39, 0.29) is 6.04 Å². The second-order valence-corrected chi connectivity index (χ2v) is 5.29. The highest BCUT2D eigenvalue weighted by Crippen LogP contribution is 2.25. The van der Waals surface area contributed by atoms with Crippen LogP contribution in [0.3, 0.4) is 0 Å². The van der Waals surface area contributed by atoms with Gasteiger partial charge in [0, 0.05) is 6.21 Å². The minimum Gasteiger partial charge on any atom is -0.280 e. The summed E-state index contributed by atoms with van der Waals surface area (Å²) < 4.78 is 0. The molecular formula is C22H19N. The van der Waals surface area contributed by atoms with Crippen molar-refractivity contribution in [1.82, 2.24) is 0 Å². The molecule has 112 valence electrons. The first-order chi connectivity index (χ1) is 11.4. The zero-order valence-corrected chi connectivity index (χ0v) is 12.9. The molecule has 3 aromatic carbocycles. The van der Waals surface area contributed by atoms with Gasteiger partial charge in [0.05, 0.1) is 6.04 Å². The topological polar surface area (TPSA) is 12.4 Å². The number of benzene rings is 3. The van der Waals surface area contributed by atoms with Crippen LogP contribution in [-0.2, 0) is 0 Å². The fraction of sp³-hybridized carbons (Fsp3) is 0.0455. The summed E-state index contributed by atoms with van der Waals surface area (Å²) in [5, 5.41) is 0. The molecule has 1 nitrogen and oxygen atoms in total. The summed E-state index contributed by atoms with van der Waals surface area (Å²) in [6.07, 6.45) is 5.95. The molecule has 0 atom stereocenters. The van der Waals surface area contributed by atoms with Crippen LogP contribution in [0.4, 0.5) is 0 Å². The summed E-state index contributed by atoms with van der Waals surface area (Å²) in [6, 6.07) is 31.0. The number of hydrogen-bond donors (Lipinski definition) is 0. The molecule has 3 rings (SSSR count). The van der Waals surface area contributed by atoms with Crippen molar-refractivity contribution in [3.8, 4) is 0 Å². The zero-order chi connectivity index (χ0) is 15.7. The molecule has 0 aromatic heterocycles. The highest BCUT2D eigenvalue weighted by Gasteiger charge is 2.10. The van der Waals surface area contributed by atoms with Gasteiger partial charge in [-0.2, -0.15) is 0 Å². The van der Waals surface area contributed by atoms with E-state index in [0.717, 1.165) is 0 Å². The Bertz CT molecular complexity index is 719. The van der Waals surface area contributed by atoms with Crippen LogP contribution in [0.1, 0.15) is 22.7 Å². The van der Waals surface area contributed by atoms with Crippen molar-refractivity contribution < 1.29 is 0 Å². The highest BCUT2D eigenvalue weighted by atomic mass is 14.8. The van der Waals surface area contributed by atoms with Crippen LogP contribution < -0.4 is 0 Å². The number of rotatable bonds is 5. The second-order valence-electron chi connectivity index (χ2n) is 5.29. The van der Waals surface area contributed by atoms with Gasteiger partial charge in [-0.25, -0.2) is 0 Å². The van der Waals surface area contributed by atoms with E-state index in [9.17, 15) is 0 Å². The molecule has 1 heteroatoms. The quantitative estimate of drug-likeness (QED) is 0.547. The van der Waals surface area contributed by atoms with E-state index in [1.807, 2.05) is 42.6 Å². The van der Waals surface area contributed by atoms with Crippen molar-refractivity contribution in [1.29, 1.82) is 0 Å². The molecule has 0 bridgehead atoms. The predicted molar refractivity (Wildman–Crippen MR) is 98.7 cm³/mol. The third-order valence-electron chi connectivity index (χ3n) is 3.64. The van der Waals surface area contributed by atoms with Gasteiger partial charge in [0.25, 0.3) is 0 Å². The smallest absolute Gasteiger partial charge is 0.0999 e. The molecule has 0 fully saturated rings. The van der Waals surface area contributed by atoms with Crippen LogP contribution in [0.25, 0.3) is 6.08 Å². The Morgan fingerprint density at radius 3 is 1.61 bits per heavy atom. The third-order valence-corrected chi connectivity index (χ3v) is 3.64. The zero-order valence-electron chi connectivity index (χ0n) is 12.9. The van der Waals surface area contributed by atoms with Crippen molar-refractivity contribution >= 4 is 12.3 Å². The second kappa shape index (κ2) is 7.90. The molecule has 3 aromatic rings. The lowest BCUT2D eigenvalue weighted by Gasteiger charge is -2.12. The minimum atomic E-state index is 0.0258. The number of allylic oxidation sites excluding steroid dienone is 1. The van der Waals surface area contributed by atoms with E-state index < -0.39 is 0 Å². The van der Waals surface area contributed by atoms with Gasteiger partial charge in [0.15, 0.2) is 0 Å². The average molecular weight is 297 g/mol. The van der Waals surface area contributed by atoms with Crippen molar-refractivity contribution in [2.24, 2.45) is 4.99 Å². The Kier molecular flexibility index (Phi) is 5.15. The van der Waals surface area contributed by atoms with E-state index in [0.29, 0.717) is 0 Å². The first-order valence-electron chi connectivity index (χ1n) is 7.78. The van der Waals surface area contributed by atoms with Crippen LogP contribution in [0.15, 0.2) is 102 Å². The average Bonchev–Trinajstić information content (AvgIpc) is 2.64. The van der Waals surface area contributed by atoms with Gasteiger partial charge in [0.1, 0.15) is 0 Å². The van der Waals surface area contributed by atoms with Crippen molar-refractivity contribution in [2.45, 2.75) is 6.04 Å². The molecule has 0 spiro atoms. The van der Waals surface area contributed by atoms with Gasteiger partial charge in [-0.15, -0.1) is 0 Å². The first-order valence-corrected chi connectivity index (χ1v) is 7.78. The van der Waals surface area contributed by atoms with Gasteiger partial charge >= 0.3 is 0 Å². The molecule has 0 amide bonds. The monoisotopic (exact) mass is 297 g/mol. The van der Waals surface area contributed by atoms with Gasteiger partial charge in [-0.05, 0) is 22.8 Å². The number of hydrogen-bond acceptors (Lipinski definition) is 1. The molecule has 0 unspecified atom stereocenters. The van der Waals surface area contributed by atoms with Crippen molar-refractivity contribution in [2.75, 3.05) is 0 Å².